The number of nitrogens with zero attached hydrogens (tertiary/aromatic N) is 2. The van der Waals surface area contributed by atoms with Crippen LogP contribution >= 0.6 is 0 Å². The molecule has 1 amide bonds. The van der Waals surface area contributed by atoms with Gasteiger partial charge < -0.3 is 10.2 Å². The van der Waals surface area contributed by atoms with E-state index in [0.29, 0.717) is 0 Å². The lowest BCUT2D eigenvalue weighted by Crippen LogP contribution is -2.29. The second-order valence-corrected chi connectivity index (χ2v) is 5.06. The number of nitro groups is 1. The minimum absolute atomic E-state index is 0.135. The van der Waals surface area contributed by atoms with Gasteiger partial charge in [-0.2, -0.15) is 0 Å². The summed E-state index contributed by atoms with van der Waals surface area (Å²) >= 11 is 0. The molecule has 6 nitrogen and oxygen atoms in total. The van der Waals surface area contributed by atoms with Gasteiger partial charge in [0, 0.05) is 31.4 Å². The zero-order chi connectivity index (χ0) is 14.7. The van der Waals surface area contributed by atoms with Gasteiger partial charge in [-0.25, -0.2) is 0 Å². The Morgan fingerprint density at radius 2 is 2.20 bits per heavy atom. The predicted octanol–water partition coefficient (Wildman–Crippen LogP) is 2.65. The number of nitro benzene ring substituents is 1. The van der Waals surface area contributed by atoms with Gasteiger partial charge >= 0.3 is 0 Å². The summed E-state index contributed by atoms with van der Waals surface area (Å²) in [5, 5.41) is 14.2. The van der Waals surface area contributed by atoms with Crippen LogP contribution in [-0.4, -0.2) is 35.4 Å². The summed E-state index contributed by atoms with van der Waals surface area (Å²) in [4.78, 5) is 24.5. The van der Waals surface area contributed by atoms with Gasteiger partial charge in [-0.1, -0.05) is 6.92 Å². The van der Waals surface area contributed by atoms with Gasteiger partial charge in [0.15, 0.2) is 0 Å². The fourth-order valence-electron chi connectivity index (χ4n) is 2.06. The second kappa shape index (κ2) is 5.90. The maximum atomic E-state index is 12.4. The summed E-state index contributed by atoms with van der Waals surface area (Å²) in [6, 6.07) is 4.84. The Morgan fingerprint density at radius 3 is 2.75 bits per heavy atom. The molecule has 1 aromatic rings. The van der Waals surface area contributed by atoms with Crippen LogP contribution in [0.5, 0.6) is 0 Å². The van der Waals surface area contributed by atoms with Crippen LogP contribution in [0.1, 0.15) is 36.5 Å². The van der Waals surface area contributed by atoms with Gasteiger partial charge in [-0.15, -0.1) is 0 Å². The molecule has 108 valence electrons. The van der Waals surface area contributed by atoms with Crippen molar-refractivity contribution in [3.8, 4) is 0 Å². The van der Waals surface area contributed by atoms with Crippen LogP contribution in [0.25, 0.3) is 0 Å². The molecule has 0 heterocycles. The highest BCUT2D eigenvalue weighted by Crippen LogP contribution is 2.30. The van der Waals surface area contributed by atoms with Crippen molar-refractivity contribution in [1.82, 2.24) is 4.90 Å². The van der Waals surface area contributed by atoms with Gasteiger partial charge in [0.2, 0.25) is 0 Å². The summed E-state index contributed by atoms with van der Waals surface area (Å²) in [7, 11) is 1.70. The molecular formula is C14H19N3O3. The Bertz CT molecular complexity index is 526. The molecule has 0 radical (unpaired) electrons. The third-order valence-electron chi connectivity index (χ3n) is 3.42. The lowest BCUT2D eigenvalue weighted by Gasteiger charge is -2.17. The molecule has 0 spiro atoms. The fraction of sp³-hybridized carbons (Fsp3) is 0.500. The van der Waals surface area contributed by atoms with E-state index in [1.54, 1.807) is 24.1 Å². The lowest BCUT2D eigenvalue weighted by atomic mass is 10.1. The normalized spacial score (nSPS) is 13.9. The van der Waals surface area contributed by atoms with Crippen molar-refractivity contribution in [2.45, 2.75) is 32.2 Å². The van der Waals surface area contributed by atoms with Crippen molar-refractivity contribution < 1.29 is 9.72 Å². The third-order valence-corrected chi connectivity index (χ3v) is 3.42. The molecule has 0 aromatic heterocycles. The Balaban J connectivity index is 2.30. The van der Waals surface area contributed by atoms with E-state index < -0.39 is 4.92 Å². The fourth-order valence-corrected chi connectivity index (χ4v) is 2.06. The van der Waals surface area contributed by atoms with E-state index in [1.165, 1.54) is 6.07 Å². The lowest BCUT2D eigenvalue weighted by molar-refractivity contribution is -0.385. The molecule has 1 saturated carbocycles. The van der Waals surface area contributed by atoms with Gasteiger partial charge in [0.25, 0.3) is 11.6 Å². The highest BCUT2D eigenvalue weighted by molar-refractivity contribution is 5.99. The molecular weight excluding hydrogens is 258 g/mol. The Labute approximate surface area is 117 Å². The molecule has 0 unspecified atom stereocenters. The molecule has 1 aliphatic rings. The monoisotopic (exact) mass is 277 g/mol. The number of hydrogen-bond donors (Lipinski definition) is 1. The maximum Gasteiger partial charge on any atom is 0.282 e. The first-order chi connectivity index (χ1) is 9.54. The standard InChI is InChI=1S/C14H19N3O3/c1-3-8-15-10-4-7-13(17(19)20)12(9-10)14(18)16(2)11-5-6-11/h4,7,9,11,15H,3,5-6,8H2,1-2H3. The first kappa shape index (κ1) is 14.3. The minimum atomic E-state index is -0.502. The maximum absolute atomic E-state index is 12.4. The van der Waals surface area contributed by atoms with Crippen molar-refractivity contribution in [3.63, 3.8) is 0 Å². The van der Waals surface area contributed by atoms with Crippen molar-refractivity contribution in [1.29, 1.82) is 0 Å². The number of anilines is 1. The van der Waals surface area contributed by atoms with E-state index in [2.05, 4.69) is 5.32 Å². The molecule has 1 fully saturated rings. The quantitative estimate of drug-likeness (QED) is 0.640. The highest BCUT2D eigenvalue weighted by Gasteiger charge is 2.33. The third kappa shape index (κ3) is 3.07. The van der Waals surface area contributed by atoms with Crippen LogP contribution in [0.4, 0.5) is 11.4 Å². The van der Waals surface area contributed by atoms with Crippen LogP contribution < -0.4 is 5.32 Å². The Kier molecular flexibility index (Phi) is 4.22. The van der Waals surface area contributed by atoms with Gasteiger partial charge in [-0.3, -0.25) is 14.9 Å². The summed E-state index contributed by atoms with van der Waals surface area (Å²) in [6.07, 6.45) is 2.90. The van der Waals surface area contributed by atoms with E-state index in [-0.39, 0.29) is 23.2 Å². The van der Waals surface area contributed by atoms with Crippen molar-refractivity contribution in [2.24, 2.45) is 0 Å². The van der Waals surface area contributed by atoms with Crippen LogP contribution in [-0.2, 0) is 0 Å². The average molecular weight is 277 g/mol. The Hall–Kier alpha value is -2.11. The van der Waals surface area contributed by atoms with Crippen molar-refractivity contribution in [2.75, 3.05) is 18.9 Å². The first-order valence-electron chi connectivity index (χ1n) is 6.84. The highest BCUT2D eigenvalue weighted by atomic mass is 16.6. The number of carbonyl (C=O) groups is 1. The molecule has 1 aliphatic carbocycles. The van der Waals surface area contributed by atoms with E-state index in [0.717, 1.165) is 31.5 Å². The van der Waals surface area contributed by atoms with Gasteiger partial charge in [0.1, 0.15) is 5.56 Å². The van der Waals surface area contributed by atoms with Crippen LogP contribution in [0.2, 0.25) is 0 Å². The Morgan fingerprint density at radius 1 is 1.50 bits per heavy atom. The SMILES string of the molecule is CCCNc1ccc([N+](=O)[O-])c(C(=O)N(C)C2CC2)c1. The zero-order valence-corrected chi connectivity index (χ0v) is 11.8. The summed E-state index contributed by atoms with van der Waals surface area (Å²) in [6.45, 7) is 2.80. The van der Waals surface area contributed by atoms with Crippen LogP contribution in [0.3, 0.4) is 0 Å². The van der Waals surface area contributed by atoms with Crippen LogP contribution in [0, 0.1) is 10.1 Å². The number of benzene rings is 1. The summed E-state index contributed by atoms with van der Waals surface area (Å²) < 4.78 is 0. The molecule has 0 atom stereocenters. The average Bonchev–Trinajstić information content (AvgIpc) is 3.27. The topological polar surface area (TPSA) is 75.5 Å². The number of hydrogen-bond acceptors (Lipinski definition) is 4. The molecule has 2 rings (SSSR count). The van der Waals surface area contributed by atoms with E-state index in [1.807, 2.05) is 6.92 Å². The predicted molar refractivity (Wildman–Crippen MR) is 77.0 cm³/mol. The second-order valence-electron chi connectivity index (χ2n) is 5.06. The number of carbonyl (C=O) groups excluding carboxylic acids is 1. The van der Waals surface area contributed by atoms with E-state index in [9.17, 15) is 14.9 Å². The van der Waals surface area contributed by atoms with Gasteiger partial charge in [-0.05, 0) is 31.4 Å². The number of rotatable bonds is 6. The smallest absolute Gasteiger partial charge is 0.282 e. The molecule has 6 heteroatoms. The van der Waals surface area contributed by atoms with Crippen molar-refractivity contribution in [3.05, 3.63) is 33.9 Å². The molecule has 20 heavy (non-hydrogen) atoms. The molecule has 1 aromatic carbocycles. The van der Waals surface area contributed by atoms with E-state index in [4.69, 9.17) is 0 Å². The molecule has 1 N–H and O–H groups in total. The summed E-state index contributed by atoms with van der Waals surface area (Å²) in [5.74, 6) is -0.278. The first-order valence-corrected chi connectivity index (χ1v) is 6.84. The minimum Gasteiger partial charge on any atom is -0.385 e. The molecule has 0 saturated heterocycles. The zero-order valence-electron chi connectivity index (χ0n) is 11.8. The number of amides is 1. The van der Waals surface area contributed by atoms with Crippen LogP contribution in [0.15, 0.2) is 18.2 Å². The molecule has 0 bridgehead atoms. The largest absolute Gasteiger partial charge is 0.385 e. The van der Waals surface area contributed by atoms with Crippen molar-refractivity contribution >= 4 is 17.3 Å². The summed E-state index contributed by atoms with van der Waals surface area (Å²) in [5.41, 5.74) is 0.764. The van der Waals surface area contributed by atoms with E-state index >= 15 is 0 Å². The molecule has 0 aliphatic heterocycles. The van der Waals surface area contributed by atoms with Gasteiger partial charge in [0.05, 0.1) is 4.92 Å². The number of nitrogens with one attached hydrogen (secondary N) is 1.